The van der Waals surface area contributed by atoms with E-state index in [2.05, 4.69) is 9.98 Å². The van der Waals surface area contributed by atoms with Gasteiger partial charge in [-0.25, -0.2) is 4.79 Å². The maximum absolute atomic E-state index is 15.9. The molecule has 0 radical (unpaired) electrons. The molecule has 216 valence electrons. The molecule has 0 bridgehead atoms. The second-order valence-corrected chi connectivity index (χ2v) is 9.79. The standard InChI is InChI=1S/C28H30F2N6O5/c1-14(2)22(28(38)39)36(4)23-20(29)26(40-17-7-5-6-16(12-17)25-33-10-11-35(25)3)34-27(21(23)30)41-19-13-15(24(31)32)8-9-18(19)37/h5-9,12-14,22,37H,10-11H2,1-4H3,(H3,31,32)(H,38,39). The van der Waals surface area contributed by atoms with Gasteiger partial charge in [0.15, 0.2) is 11.5 Å². The molecule has 0 saturated heterocycles. The summed E-state index contributed by atoms with van der Waals surface area (Å²) in [5, 5.41) is 27.7. The van der Waals surface area contributed by atoms with Gasteiger partial charge < -0.3 is 35.2 Å². The molecule has 1 aliphatic rings. The number of aliphatic imine (C=N–C) groups is 1. The molecule has 11 nitrogen and oxygen atoms in total. The van der Waals surface area contributed by atoms with E-state index in [1.165, 1.54) is 25.2 Å². The molecule has 0 spiro atoms. The van der Waals surface area contributed by atoms with Crippen LogP contribution >= 0.6 is 0 Å². The van der Waals surface area contributed by atoms with Gasteiger partial charge in [-0.1, -0.05) is 26.0 Å². The number of benzene rings is 2. The minimum atomic E-state index is -1.33. The number of amidine groups is 2. The highest BCUT2D eigenvalue weighted by atomic mass is 19.1. The van der Waals surface area contributed by atoms with Gasteiger partial charge in [0.05, 0.1) is 6.54 Å². The summed E-state index contributed by atoms with van der Waals surface area (Å²) in [6, 6.07) is 9.04. The summed E-state index contributed by atoms with van der Waals surface area (Å²) in [7, 11) is 3.12. The van der Waals surface area contributed by atoms with Gasteiger partial charge in [0.25, 0.3) is 11.8 Å². The van der Waals surface area contributed by atoms with Crippen molar-refractivity contribution in [2.75, 3.05) is 32.1 Å². The first-order valence-corrected chi connectivity index (χ1v) is 12.6. The number of aromatic nitrogens is 1. The average molecular weight is 569 g/mol. The van der Waals surface area contributed by atoms with Crippen LogP contribution in [0.4, 0.5) is 14.5 Å². The second kappa shape index (κ2) is 11.7. The number of pyridine rings is 1. The lowest BCUT2D eigenvalue weighted by Crippen LogP contribution is -2.43. The Kier molecular flexibility index (Phi) is 8.26. The Bertz CT molecular complexity index is 1530. The molecule has 3 aromatic rings. The zero-order valence-electron chi connectivity index (χ0n) is 22.9. The number of carbonyl (C=O) groups is 1. The highest BCUT2D eigenvalue weighted by Crippen LogP contribution is 2.40. The number of aromatic hydroxyl groups is 1. The molecule has 4 rings (SSSR count). The van der Waals surface area contributed by atoms with Crippen molar-refractivity contribution < 1.29 is 33.3 Å². The largest absolute Gasteiger partial charge is 0.504 e. The lowest BCUT2D eigenvalue weighted by molar-refractivity contribution is -0.139. The molecule has 5 N–H and O–H groups in total. The number of aliphatic carboxylic acids is 1. The Morgan fingerprint density at radius 2 is 1.83 bits per heavy atom. The number of hydrogen-bond donors (Lipinski definition) is 4. The van der Waals surface area contributed by atoms with Crippen molar-refractivity contribution in [3.63, 3.8) is 0 Å². The second-order valence-electron chi connectivity index (χ2n) is 9.79. The number of anilines is 1. The number of halogens is 2. The van der Waals surface area contributed by atoms with E-state index >= 15 is 8.78 Å². The Balaban J connectivity index is 1.84. The van der Waals surface area contributed by atoms with Crippen LogP contribution in [-0.2, 0) is 4.79 Å². The monoisotopic (exact) mass is 568 g/mol. The lowest BCUT2D eigenvalue weighted by Gasteiger charge is -2.30. The summed E-state index contributed by atoms with van der Waals surface area (Å²) >= 11 is 0. The first kappa shape index (κ1) is 29.1. The Morgan fingerprint density at radius 1 is 1.15 bits per heavy atom. The van der Waals surface area contributed by atoms with E-state index in [1.54, 1.807) is 38.1 Å². The van der Waals surface area contributed by atoms with Crippen LogP contribution in [0.1, 0.15) is 25.0 Å². The molecule has 2 heterocycles. The van der Waals surface area contributed by atoms with Crippen LogP contribution in [0.5, 0.6) is 29.0 Å². The van der Waals surface area contributed by atoms with Crippen LogP contribution in [0.2, 0.25) is 0 Å². The highest BCUT2D eigenvalue weighted by Gasteiger charge is 2.34. The summed E-state index contributed by atoms with van der Waals surface area (Å²) in [6.07, 6.45) is 0. The number of hydrogen-bond acceptors (Lipinski definition) is 9. The van der Waals surface area contributed by atoms with Crippen LogP contribution in [0.3, 0.4) is 0 Å². The molecule has 41 heavy (non-hydrogen) atoms. The molecule has 0 aliphatic carbocycles. The van der Waals surface area contributed by atoms with Crippen molar-refractivity contribution in [2.45, 2.75) is 19.9 Å². The maximum Gasteiger partial charge on any atom is 0.326 e. The topological polar surface area (TPSA) is 158 Å². The normalized spacial score (nSPS) is 13.6. The fraction of sp³-hybridized carbons (Fsp3) is 0.286. The number of phenols is 1. The third-order valence-electron chi connectivity index (χ3n) is 6.49. The van der Waals surface area contributed by atoms with Crippen LogP contribution < -0.4 is 20.1 Å². The zero-order valence-corrected chi connectivity index (χ0v) is 22.9. The maximum atomic E-state index is 15.9. The van der Waals surface area contributed by atoms with E-state index in [-0.39, 0.29) is 22.9 Å². The molecule has 1 aromatic heterocycles. The van der Waals surface area contributed by atoms with Crippen molar-refractivity contribution in [1.29, 1.82) is 5.41 Å². The minimum absolute atomic E-state index is 0.156. The molecule has 1 unspecified atom stereocenters. The van der Waals surface area contributed by atoms with E-state index in [1.807, 2.05) is 11.9 Å². The van der Waals surface area contributed by atoms with Crippen LogP contribution in [0, 0.1) is 23.0 Å². The highest BCUT2D eigenvalue weighted by molar-refractivity contribution is 6.00. The van der Waals surface area contributed by atoms with Gasteiger partial charge in [-0.05, 0) is 36.2 Å². The van der Waals surface area contributed by atoms with Crippen LogP contribution in [0.25, 0.3) is 0 Å². The number of nitrogens with one attached hydrogen (secondary N) is 1. The molecule has 1 atom stereocenters. The summed E-state index contributed by atoms with van der Waals surface area (Å²) < 4.78 is 43.1. The number of ether oxygens (including phenoxy) is 2. The zero-order chi connectivity index (χ0) is 30.0. The van der Waals surface area contributed by atoms with E-state index in [0.717, 1.165) is 17.3 Å². The first-order valence-electron chi connectivity index (χ1n) is 12.6. The fourth-order valence-corrected chi connectivity index (χ4v) is 4.49. The molecule has 0 amide bonds. The predicted octanol–water partition coefficient (Wildman–Crippen LogP) is 4.17. The number of nitrogens with two attached hydrogens (primary N) is 1. The summed E-state index contributed by atoms with van der Waals surface area (Å²) in [5.41, 5.74) is 5.63. The van der Waals surface area contributed by atoms with Gasteiger partial charge >= 0.3 is 5.97 Å². The van der Waals surface area contributed by atoms with Gasteiger partial charge in [-0.3, -0.25) is 10.4 Å². The SMILES string of the molecule is CC(C)C(C(=O)O)N(C)c1c(F)c(Oc2cccc(C3=NCCN3C)c2)nc(Oc2cc(C(=N)N)ccc2O)c1F. The van der Waals surface area contributed by atoms with Crippen molar-refractivity contribution >= 4 is 23.3 Å². The van der Waals surface area contributed by atoms with Gasteiger partial charge in [-0.15, -0.1) is 0 Å². The van der Waals surface area contributed by atoms with Gasteiger partial charge in [0.2, 0.25) is 11.6 Å². The molecule has 2 aromatic carbocycles. The van der Waals surface area contributed by atoms with Crippen LogP contribution in [-0.4, -0.2) is 71.0 Å². The third-order valence-corrected chi connectivity index (χ3v) is 6.49. The van der Waals surface area contributed by atoms with Gasteiger partial charge in [0.1, 0.15) is 29.1 Å². The summed E-state index contributed by atoms with van der Waals surface area (Å²) in [4.78, 5) is 23.3. The van der Waals surface area contributed by atoms with E-state index in [9.17, 15) is 15.0 Å². The Labute approximate surface area is 235 Å². The third kappa shape index (κ3) is 5.98. The average Bonchev–Trinajstić information content (AvgIpc) is 3.33. The smallest absolute Gasteiger partial charge is 0.326 e. The molecule has 0 saturated carbocycles. The number of rotatable bonds is 10. The summed E-state index contributed by atoms with van der Waals surface area (Å²) in [6.45, 7) is 4.56. The summed E-state index contributed by atoms with van der Waals surface area (Å²) in [5.74, 6) is -6.15. The molecule has 1 aliphatic heterocycles. The molecule has 0 fully saturated rings. The lowest BCUT2D eigenvalue weighted by atomic mass is 10.0. The number of phenolic OH excluding ortho intramolecular Hbond substituents is 1. The van der Waals surface area contributed by atoms with Crippen LogP contribution in [0.15, 0.2) is 47.5 Å². The van der Waals surface area contributed by atoms with E-state index in [4.69, 9.17) is 20.6 Å². The first-order chi connectivity index (χ1) is 19.4. The number of carboxylic acids is 1. The molecular weight excluding hydrogens is 538 g/mol. The van der Waals surface area contributed by atoms with E-state index < -0.39 is 52.8 Å². The number of nitrogen functional groups attached to an aromatic ring is 1. The number of nitrogens with zero attached hydrogens (tertiary/aromatic N) is 4. The fourth-order valence-electron chi connectivity index (χ4n) is 4.49. The number of likely N-dealkylation sites (N-methyl/N-ethyl adjacent to an activating group) is 2. The Hall–Kier alpha value is -4.94. The molecule has 13 heteroatoms. The number of carboxylic acid groups (broad SMARTS) is 1. The Morgan fingerprint density at radius 3 is 2.41 bits per heavy atom. The van der Waals surface area contributed by atoms with Crippen molar-refractivity contribution in [1.82, 2.24) is 9.88 Å². The van der Waals surface area contributed by atoms with E-state index in [0.29, 0.717) is 12.1 Å². The van der Waals surface area contributed by atoms with Crippen molar-refractivity contribution in [3.8, 4) is 29.0 Å². The van der Waals surface area contributed by atoms with Crippen molar-refractivity contribution in [2.24, 2.45) is 16.6 Å². The molecular formula is C28H30F2N6O5. The minimum Gasteiger partial charge on any atom is -0.504 e. The van der Waals surface area contributed by atoms with Crippen molar-refractivity contribution in [3.05, 3.63) is 65.2 Å². The quantitative estimate of drug-likeness (QED) is 0.208. The van der Waals surface area contributed by atoms with Gasteiger partial charge in [-0.2, -0.15) is 13.8 Å². The predicted molar refractivity (Wildman–Crippen MR) is 149 cm³/mol. The van der Waals surface area contributed by atoms with Gasteiger partial charge in [0, 0.05) is 31.8 Å².